The molecule has 5 nitrogen and oxygen atoms in total. The van der Waals surface area contributed by atoms with Gasteiger partial charge in [0.2, 0.25) is 0 Å². The fraction of sp³-hybridized carbons (Fsp3) is 0. The smallest absolute Gasteiger partial charge is 0.279 e. The zero-order valence-electron chi connectivity index (χ0n) is 17.6. The van der Waals surface area contributed by atoms with Crippen molar-refractivity contribution < 1.29 is 9.18 Å². The van der Waals surface area contributed by atoms with Crippen LogP contribution in [0, 0.1) is 5.82 Å². The number of benzene rings is 4. The highest BCUT2D eigenvalue weighted by atomic mass is 35.5. The van der Waals surface area contributed by atoms with Crippen LogP contribution in [0.25, 0.3) is 22.3 Å². The Labute approximate surface area is 203 Å². The number of carbonyl (C=O) groups is 1. The Hall–Kier alpha value is -3.81. The summed E-state index contributed by atoms with van der Waals surface area (Å²) in [6.45, 7) is 0. The molecule has 0 unspecified atom stereocenters. The first-order chi connectivity index (χ1) is 16.5. The molecular formula is C26H17ClFN3O2S. The second-order valence-corrected chi connectivity index (χ2v) is 8.70. The number of fused-ring (bicyclic) bond motifs is 1. The van der Waals surface area contributed by atoms with Crippen LogP contribution in [-0.4, -0.2) is 15.3 Å². The van der Waals surface area contributed by atoms with E-state index in [9.17, 15) is 14.0 Å². The van der Waals surface area contributed by atoms with Crippen molar-refractivity contribution in [1.82, 2.24) is 14.1 Å². The number of nitrogens with one attached hydrogen (secondary N) is 1. The standard InChI is InChI=1S/C26H17ClFN3O2S/c27-22-16-18(28)12-14-24(22)34-29-25(32)17-11-13-23-21(15-17)26(33)31(20-9-5-2-6-10-20)30(23)19-7-3-1-4-8-19/h1-16H,(H,29,32). The van der Waals surface area contributed by atoms with Crippen LogP contribution in [0.1, 0.15) is 10.4 Å². The molecule has 8 heteroatoms. The quantitative estimate of drug-likeness (QED) is 0.307. The average molecular weight is 490 g/mol. The van der Waals surface area contributed by atoms with Crippen LogP contribution in [0.5, 0.6) is 0 Å². The van der Waals surface area contributed by atoms with Gasteiger partial charge in [0.25, 0.3) is 11.5 Å². The monoisotopic (exact) mass is 489 g/mol. The average Bonchev–Trinajstić information content (AvgIpc) is 3.16. The highest BCUT2D eigenvalue weighted by Gasteiger charge is 2.18. The Kier molecular flexibility index (Phi) is 5.96. The van der Waals surface area contributed by atoms with Crippen LogP contribution >= 0.6 is 23.5 Å². The highest BCUT2D eigenvalue weighted by molar-refractivity contribution is 7.98. The van der Waals surface area contributed by atoms with Crippen molar-refractivity contribution in [2.24, 2.45) is 0 Å². The highest BCUT2D eigenvalue weighted by Crippen LogP contribution is 2.26. The molecule has 0 aliphatic rings. The fourth-order valence-electron chi connectivity index (χ4n) is 3.69. The van der Waals surface area contributed by atoms with E-state index in [0.29, 0.717) is 27.0 Å². The number of para-hydroxylation sites is 2. The second-order valence-electron chi connectivity index (χ2n) is 7.44. The molecule has 34 heavy (non-hydrogen) atoms. The van der Waals surface area contributed by atoms with Gasteiger partial charge in [-0.1, -0.05) is 48.0 Å². The molecule has 5 aromatic rings. The lowest BCUT2D eigenvalue weighted by atomic mass is 10.1. The van der Waals surface area contributed by atoms with Gasteiger partial charge in [-0.05, 0) is 72.6 Å². The van der Waals surface area contributed by atoms with Gasteiger partial charge in [-0.3, -0.25) is 14.3 Å². The minimum Gasteiger partial charge on any atom is -0.292 e. The van der Waals surface area contributed by atoms with Crippen molar-refractivity contribution in [2.45, 2.75) is 4.90 Å². The lowest BCUT2D eigenvalue weighted by Crippen LogP contribution is -2.20. The molecule has 0 atom stereocenters. The predicted molar refractivity (Wildman–Crippen MR) is 134 cm³/mol. The van der Waals surface area contributed by atoms with Crippen LogP contribution in [0.2, 0.25) is 5.02 Å². The summed E-state index contributed by atoms with van der Waals surface area (Å²) in [5, 5.41) is 0.608. The van der Waals surface area contributed by atoms with Crippen LogP contribution < -0.4 is 10.3 Å². The first kappa shape index (κ1) is 22.0. The molecule has 1 aromatic heterocycles. The third-order valence-electron chi connectivity index (χ3n) is 5.26. The zero-order chi connectivity index (χ0) is 23.7. The summed E-state index contributed by atoms with van der Waals surface area (Å²) in [6, 6.07) is 27.8. The summed E-state index contributed by atoms with van der Waals surface area (Å²) in [6.07, 6.45) is 0. The summed E-state index contributed by atoms with van der Waals surface area (Å²) in [5.74, 6) is -0.853. The van der Waals surface area contributed by atoms with E-state index in [4.69, 9.17) is 11.6 Å². The molecule has 0 bridgehead atoms. The zero-order valence-corrected chi connectivity index (χ0v) is 19.2. The van der Waals surface area contributed by atoms with Crippen LogP contribution in [0.3, 0.4) is 0 Å². The maximum atomic E-state index is 13.5. The van der Waals surface area contributed by atoms with Gasteiger partial charge in [0, 0.05) is 10.5 Å². The number of amides is 1. The van der Waals surface area contributed by atoms with E-state index in [0.717, 1.165) is 17.6 Å². The van der Waals surface area contributed by atoms with Crippen LogP contribution in [0.4, 0.5) is 4.39 Å². The minimum atomic E-state index is -0.455. The molecule has 168 valence electrons. The molecule has 0 saturated carbocycles. The molecule has 1 amide bonds. The molecule has 0 spiro atoms. The molecule has 4 aromatic carbocycles. The van der Waals surface area contributed by atoms with E-state index < -0.39 is 11.7 Å². The molecule has 5 rings (SSSR count). The lowest BCUT2D eigenvalue weighted by Gasteiger charge is -2.13. The van der Waals surface area contributed by atoms with Crippen molar-refractivity contribution in [1.29, 1.82) is 0 Å². The molecule has 0 aliphatic carbocycles. The largest absolute Gasteiger partial charge is 0.292 e. The van der Waals surface area contributed by atoms with E-state index in [-0.39, 0.29) is 10.6 Å². The Morgan fingerprint density at radius 1 is 0.824 bits per heavy atom. The van der Waals surface area contributed by atoms with Gasteiger partial charge in [-0.25, -0.2) is 13.8 Å². The minimum absolute atomic E-state index is 0.200. The Morgan fingerprint density at radius 2 is 1.47 bits per heavy atom. The number of aromatic nitrogens is 2. The number of carbonyl (C=O) groups excluding carboxylic acids is 1. The molecule has 1 heterocycles. The van der Waals surface area contributed by atoms with E-state index in [1.54, 1.807) is 22.9 Å². The van der Waals surface area contributed by atoms with Crippen molar-refractivity contribution in [2.75, 3.05) is 0 Å². The van der Waals surface area contributed by atoms with E-state index in [2.05, 4.69) is 4.72 Å². The summed E-state index contributed by atoms with van der Waals surface area (Å²) in [7, 11) is 0. The first-order valence-corrected chi connectivity index (χ1v) is 11.5. The number of halogens is 2. The first-order valence-electron chi connectivity index (χ1n) is 10.3. The van der Waals surface area contributed by atoms with E-state index >= 15 is 0 Å². The van der Waals surface area contributed by atoms with Gasteiger partial charge in [0.05, 0.1) is 27.3 Å². The predicted octanol–water partition coefficient (Wildman–Crippen LogP) is 6.01. The number of hydrogen-bond donors (Lipinski definition) is 1. The second kappa shape index (κ2) is 9.21. The van der Waals surface area contributed by atoms with Crippen molar-refractivity contribution in [3.63, 3.8) is 0 Å². The number of hydrogen-bond acceptors (Lipinski definition) is 3. The maximum absolute atomic E-state index is 13.5. The molecule has 1 N–H and O–H groups in total. The summed E-state index contributed by atoms with van der Waals surface area (Å²) in [4.78, 5) is 26.8. The number of nitrogens with zero attached hydrogens (tertiary/aromatic N) is 2. The molecule has 0 fully saturated rings. The lowest BCUT2D eigenvalue weighted by molar-refractivity contribution is 0.0984. The van der Waals surface area contributed by atoms with Gasteiger partial charge in [-0.15, -0.1) is 0 Å². The summed E-state index contributed by atoms with van der Waals surface area (Å²) in [5.41, 5.74) is 2.28. The normalized spacial score (nSPS) is 11.0. The molecule has 0 saturated heterocycles. The van der Waals surface area contributed by atoms with Gasteiger partial charge in [-0.2, -0.15) is 0 Å². The van der Waals surface area contributed by atoms with Crippen molar-refractivity contribution in [3.05, 3.63) is 124 Å². The molecular weight excluding hydrogens is 473 g/mol. The van der Waals surface area contributed by atoms with Gasteiger partial charge in [0.15, 0.2) is 0 Å². The Balaban J connectivity index is 1.56. The topological polar surface area (TPSA) is 56.0 Å². The summed E-state index contributed by atoms with van der Waals surface area (Å²) >= 11 is 7.02. The molecule has 0 aliphatic heterocycles. The van der Waals surface area contributed by atoms with Gasteiger partial charge >= 0.3 is 0 Å². The Bertz CT molecular complexity index is 1570. The maximum Gasteiger partial charge on any atom is 0.279 e. The Morgan fingerprint density at radius 3 is 2.12 bits per heavy atom. The van der Waals surface area contributed by atoms with E-state index in [1.165, 1.54) is 18.2 Å². The summed E-state index contributed by atoms with van der Waals surface area (Å²) < 4.78 is 19.4. The van der Waals surface area contributed by atoms with Crippen LogP contribution in [-0.2, 0) is 0 Å². The third-order valence-corrected chi connectivity index (χ3v) is 6.55. The fourth-order valence-corrected chi connectivity index (χ4v) is 4.59. The van der Waals surface area contributed by atoms with Gasteiger partial charge in [0.1, 0.15) is 5.82 Å². The van der Waals surface area contributed by atoms with E-state index in [1.807, 2.05) is 65.3 Å². The molecule has 0 radical (unpaired) electrons. The van der Waals surface area contributed by atoms with Crippen molar-refractivity contribution in [3.8, 4) is 11.4 Å². The third kappa shape index (κ3) is 4.11. The number of rotatable bonds is 5. The van der Waals surface area contributed by atoms with Crippen LogP contribution in [0.15, 0.2) is 107 Å². The van der Waals surface area contributed by atoms with Crippen molar-refractivity contribution >= 4 is 40.4 Å². The van der Waals surface area contributed by atoms with Gasteiger partial charge < -0.3 is 0 Å². The SMILES string of the molecule is O=C(NSc1ccc(F)cc1Cl)c1ccc2c(c1)c(=O)n(-c1ccccc1)n2-c1ccccc1.